The van der Waals surface area contributed by atoms with Crippen LogP contribution in [0.15, 0.2) is 42.6 Å². The third-order valence-corrected chi connectivity index (χ3v) is 4.78. The summed E-state index contributed by atoms with van der Waals surface area (Å²) in [4.78, 5) is 31.9. The molecule has 1 aliphatic rings. The fourth-order valence-corrected chi connectivity index (χ4v) is 3.13. The average Bonchev–Trinajstić information content (AvgIpc) is 2.73. The summed E-state index contributed by atoms with van der Waals surface area (Å²) in [6, 6.07) is 8.71. The Morgan fingerprint density at radius 1 is 1.00 bits per heavy atom. The van der Waals surface area contributed by atoms with Gasteiger partial charge in [-0.15, -0.1) is 0 Å². The van der Waals surface area contributed by atoms with Crippen molar-refractivity contribution in [3.05, 3.63) is 53.7 Å². The Morgan fingerprint density at radius 3 is 2.16 bits per heavy atom. The molecular formula is C21H24F3N5O2. The normalized spacial score (nSPS) is 14.5. The number of hydrogen-bond acceptors (Lipinski definition) is 4. The van der Waals surface area contributed by atoms with Gasteiger partial charge in [0.15, 0.2) is 0 Å². The number of carbonyl (C=O) groups excluding carboxylic acids is 2. The number of piperazine rings is 1. The average molecular weight is 435 g/mol. The Hall–Kier alpha value is -3.30. The van der Waals surface area contributed by atoms with Gasteiger partial charge in [0.25, 0.3) is 5.91 Å². The van der Waals surface area contributed by atoms with Gasteiger partial charge in [0.05, 0.1) is 5.56 Å². The van der Waals surface area contributed by atoms with Crippen LogP contribution in [0.1, 0.15) is 29.8 Å². The van der Waals surface area contributed by atoms with Gasteiger partial charge < -0.3 is 20.4 Å². The molecule has 0 spiro atoms. The first-order chi connectivity index (χ1) is 14.6. The molecule has 0 saturated carbocycles. The van der Waals surface area contributed by atoms with Gasteiger partial charge in [-0.05, 0) is 50.2 Å². The van der Waals surface area contributed by atoms with Crippen molar-refractivity contribution in [2.24, 2.45) is 0 Å². The van der Waals surface area contributed by atoms with Crippen molar-refractivity contribution in [2.45, 2.75) is 26.1 Å². The minimum absolute atomic E-state index is 0.0309. The number of carbonyl (C=O) groups is 2. The Kier molecular flexibility index (Phi) is 6.67. The highest BCUT2D eigenvalue weighted by molar-refractivity contribution is 5.95. The summed E-state index contributed by atoms with van der Waals surface area (Å²) in [5.74, 6) is 0.268. The third kappa shape index (κ3) is 5.87. The Morgan fingerprint density at radius 2 is 1.65 bits per heavy atom. The fourth-order valence-electron chi connectivity index (χ4n) is 3.13. The molecule has 3 amide bonds. The molecule has 1 fully saturated rings. The zero-order chi connectivity index (χ0) is 22.6. The predicted octanol–water partition coefficient (Wildman–Crippen LogP) is 3.59. The zero-order valence-corrected chi connectivity index (χ0v) is 17.2. The van der Waals surface area contributed by atoms with E-state index in [1.54, 1.807) is 29.2 Å². The standard InChI is InChI=1S/C21H24F3N5O2/c1-14(2)26-19(30)15-3-6-17(7-4-15)27-20(31)29-11-9-28(10-12-29)18-8-5-16(13-25-18)21(22,23)24/h3-8,13-14H,9-12H2,1-2H3,(H,26,30)(H,27,31). The molecule has 10 heteroatoms. The van der Waals surface area contributed by atoms with Crippen LogP contribution in [0.25, 0.3) is 0 Å². The quantitative estimate of drug-likeness (QED) is 0.770. The number of nitrogens with zero attached hydrogens (tertiary/aromatic N) is 3. The summed E-state index contributed by atoms with van der Waals surface area (Å²) in [6.45, 7) is 5.48. The number of hydrogen-bond donors (Lipinski definition) is 2. The molecule has 0 atom stereocenters. The lowest BCUT2D eigenvalue weighted by Gasteiger charge is -2.35. The lowest BCUT2D eigenvalue weighted by atomic mass is 10.2. The number of amides is 3. The monoisotopic (exact) mass is 435 g/mol. The molecule has 7 nitrogen and oxygen atoms in total. The number of anilines is 2. The summed E-state index contributed by atoms with van der Waals surface area (Å²) >= 11 is 0. The molecule has 1 aromatic heterocycles. The molecule has 2 N–H and O–H groups in total. The van der Waals surface area contributed by atoms with Crippen molar-refractivity contribution in [3.63, 3.8) is 0 Å². The van der Waals surface area contributed by atoms with Gasteiger partial charge in [0, 0.05) is 49.7 Å². The fraction of sp³-hybridized carbons (Fsp3) is 0.381. The van der Waals surface area contributed by atoms with Crippen LogP contribution in [0.2, 0.25) is 0 Å². The van der Waals surface area contributed by atoms with Crippen LogP contribution in [0.4, 0.5) is 29.5 Å². The second-order valence-electron chi connectivity index (χ2n) is 7.51. The molecule has 1 aliphatic heterocycles. The molecule has 3 rings (SSSR count). The summed E-state index contributed by atoms with van der Waals surface area (Å²) < 4.78 is 38.0. The smallest absolute Gasteiger partial charge is 0.353 e. The summed E-state index contributed by atoms with van der Waals surface area (Å²) in [6.07, 6.45) is -3.60. The second-order valence-corrected chi connectivity index (χ2v) is 7.51. The maximum Gasteiger partial charge on any atom is 0.417 e. The maximum atomic E-state index is 12.7. The van der Waals surface area contributed by atoms with Crippen LogP contribution in [0, 0.1) is 0 Å². The number of aromatic nitrogens is 1. The van der Waals surface area contributed by atoms with Gasteiger partial charge in [0.1, 0.15) is 5.82 Å². The van der Waals surface area contributed by atoms with Crippen LogP contribution < -0.4 is 15.5 Å². The minimum atomic E-state index is -4.42. The van der Waals surface area contributed by atoms with E-state index in [2.05, 4.69) is 15.6 Å². The van der Waals surface area contributed by atoms with Gasteiger partial charge in [-0.25, -0.2) is 9.78 Å². The highest BCUT2D eigenvalue weighted by atomic mass is 19.4. The van der Waals surface area contributed by atoms with E-state index >= 15 is 0 Å². The van der Waals surface area contributed by atoms with Crippen molar-refractivity contribution >= 4 is 23.4 Å². The molecule has 2 heterocycles. The molecule has 1 aromatic carbocycles. The van der Waals surface area contributed by atoms with Crippen molar-refractivity contribution in [3.8, 4) is 0 Å². The van der Waals surface area contributed by atoms with Gasteiger partial charge in [-0.3, -0.25) is 4.79 Å². The Labute approximate surface area is 178 Å². The maximum absolute atomic E-state index is 12.7. The number of alkyl halides is 3. The van der Waals surface area contributed by atoms with E-state index < -0.39 is 11.7 Å². The molecule has 1 saturated heterocycles. The molecule has 0 bridgehead atoms. The van der Waals surface area contributed by atoms with Gasteiger partial charge in [-0.2, -0.15) is 13.2 Å². The summed E-state index contributed by atoms with van der Waals surface area (Å²) in [7, 11) is 0. The number of nitrogens with one attached hydrogen (secondary N) is 2. The summed E-state index contributed by atoms with van der Waals surface area (Å²) in [5, 5.41) is 5.59. The van der Waals surface area contributed by atoms with E-state index in [1.807, 2.05) is 18.7 Å². The number of pyridine rings is 1. The Bertz CT molecular complexity index is 906. The number of benzene rings is 1. The summed E-state index contributed by atoms with van der Waals surface area (Å²) in [5.41, 5.74) is 0.282. The molecule has 166 valence electrons. The van der Waals surface area contributed by atoms with Crippen molar-refractivity contribution < 1.29 is 22.8 Å². The van der Waals surface area contributed by atoms with E-state index in [0.717, 1.165) is 12.3 Å². The number of urea groups is 1. The molecule has 31 heavy (non-hydrogen) atoms. The highest BCUT2D eigenvalue weighted by Gasteiger charge is 2.31. The van der Waals surface area contributed by atoms with E-state index in [-0.39, 0.29) is 18.0 Å². The largest absolute Gasteiger partial charge is 0.417 e. The predicted molar refractivity (Wildman–Crippen MR) is 111 cm³/mol. The minimum Gasteiger partial charge on any atom is -0.353 e. The van der Waals surface area contributed by atoms with Crippen LogP contribution in [0.5, 0.6) is 0 Å². The van der Waals surface area contributed by atoms with Crippen LogP contribution in [-0.4, -0.2) is 54.0 Å². The Balaban J connectivity index is 1.51. The van der Waals surface area contributed by atoms with Crippen LogP contribution in [-0.2, 0) is 6.18 Å². The highest BCUT2D eigenvalue weighted by Crippen LogP contribution is 2.29. The van der Waals surface area contributed by atoms with Crippen LogP contribution >= 0.6 is 0 Å². The first-order valence-corrected chi connectivity index (χ1v) is 9.88. The molecule has 0 radical (unpaired) electrons. The topological polar surface area (TPSA) is 77.6 Å². The second kappa shape index (κ2) is 9.23. The number of rotatable bonds is 4. The lowest BCUT2D eigenvalue weighted by Crippen LogP contribution is -2.50. The SMILES string of the molecule is CC(C)NC(=O)c1ccc(NC(=O)N2CCN(c3ccc(C(F)(F)F)cn3)CC2)cc1. The van der Waals surface area contributed by atoms with Crippen molar-refractivity contribution in [1.29, 1.82) is 0 Å². The van der Waals surface area contributed by atoms with Gasteiger partial charge in [0.2, 0.25) is 0 Å². The first-order valence-electron chi connectivity index (χ1n) is 9.88. The van der Waals surface area contributed by atoms with Crippen LogP contribution in [0.3, 0.4) is 0 Å². The van der Waals surface area contributed by atoms with E-state index in [0.29, 0.717) is 43.2 Å². The first kappa shape index (κ1) is 22.4. The molecule has 0 aliphatic carbocycles. The van der Waals surface area contributed by atoms with Crippen molar-refractivity contribution in [1.82, 2.24) is 15.2 Å². The molecular weight excluding hydrogens is 411 g/mol. The zero-order valence-electron chi connectivity index (χ0n) is 17.2. The van der Waals surface area contributed by atoms with Crippen molar-refractivity contribution in [2.75, 3.05) is 36.4 Å². The molecule has 2 aromatic rings. The van der Waals surface area contributed by atoms with E-state index in [9.17, 15) is 22.8 Å². The van der Waals surface area contributed by atoms with Gasteiger partial charge >= 0.3 is 12.2 Å². The van der Waals surface area contributed by atoms with E-state index in [4.69, 9.17) is 0 Å². The molecule has 0 unspecified atom stereocenters. The third-order valence-electron chi connectivity index (χ3n) is 4.78. The van der Waals surface area contributed by atoms with Gasteiger partial charge in [-0.1, -0.05) is 0 Å². The lowest BCUT2D eigenvalue weighted by molar-refractivity contribution is -0.137. The van der Waals surface area contributed by atoms with E-state index in [1.165, 1.54) is 6.07 Å². The number of halogens is 3.